The Morgan fingerprint density at radius 3 is 3.00 bits per heavy atom. The molecule has 0 bridgehead atoms. The first kappa shape index (κ1) is 7.06. The Balaban J connectivity index is 2.36. The summed E-state index contributed by atoms with van der Waals surface area (Å²) in [5.74, 6) is 0.962. The zero-order valence-electron chi connectivity index (χ0n) is 6.29. The van der Waals surface area contributed by atoms with Crippen LogP contribution in [0.5, 0.6) is 0 Å². The Hall–Kier alpha value is -0.610. The van der Waals surface area contributed by atoms with Crippen LogP contribution in [-0.4, -0.2) is 33.3 Å². The van der Waals surface area contributed by atoms with E-state index in [9.17, 15) is 0 Å². The van der Waals surface area contributed by atoms with Crippen molar-refractivity contribution in [1.82, 2.24) is 19.7 Å². The molecule has 1 aliphatic rings. The quantitative estimate of drug-likeness (QED) is 0.568. The minimum atomic E-state index is 0.508. The molecule has 0 radical (unpaired) electrons. The van der Waals surface area contributed by atoms with Gasteiger partial charge in [-0.1, -0.05) is 0 Å². The molecular weight excluding hydrogens is 164 g/mol. The summed E-state index contributed by atoms with van der Waals surface area (Å²) in [6.07, 6.45) is 0. The lowest BCUT2D eigenvalue weighted by Crippen LogP contribution is -2.30. The zero-order valence-corrected chi connectivity index (χ0v) is 7.04. The summed E-state index contributed by atoms with van der Waals surface area (Å²) >= 11 is 5.78. The number of hydrogen-bond donors (Lipinski definition) is 0. The molecule has 0 amide bonds. The Morgan fingerprint density at radius 2 is 2.18 bits per heavy atom. The van der Waals surface area contributed by atoms with E-state index in [2.05, 4.69) is 22.1 Å². The van der Waals surface area contributed by atoms with E-state index in [0.717, 1.165) is 25.5 Å². The van der Waals surface area contributed by atoms with E-state index in [1.165, 1.54) is 0 Å². The molecular formula is C6H9ClN4. The zero-order chi connectivity index (χ0) is 7.84. The third-order valence-electron chi connectivity index (χ3n) is 1.90. The second kappa shape index (κ2) is 2.46. The Bertz CT molecular complexity index is 270. The SMILES string of the molecule is CN1CCn2c(Cl)nnc2C1. The molecule has 0 unspecified atom stereocenters. The van der Waals surface area contributed by atoms with Crippen LogP contribution < -0.4 is 0 Å². The molecule has 1 aromatic heterocycles. The van der Waals surface area contributed by atoms with E-state index in [0.29, 0.717) is 5.28 Å². The molecule has 0 saturated heterocycles. The fourth-order valence-corrected chi connectivity index (χ4v) is 1.46. The summed E-state index contributed by atoms with van der Waals surface area (Å²) in [5.41, 5.74) is 0. The van der Waals surface area contributed by atoms with Crippen molar-refractivity contribution in [3.05, 3.63) is 11.1 Å². The minimum absolute atomic E-state index is 0.508. The van der Waals surface area contributed by atoms with Crippen molar-refractivity contribution >= 4 is 11.6 Å². The standard InChI is InChI=1S/C6H9ClN4/c1-10-2-3-11-5(4-10)8-9-6(11)7/h2-4H2,1H3. The monoisotopic (exact) mass is 172 g/mol. The summed E-state index contributed by atoms with van der Waals surface area (Å²) in [4.78, 5) is 2.19. The maximum absolute atomic E-state index is 5.78. The highest BCUT2D eigenvalue weighted by atomic mass is 35.5. The van der Waals surface area contributed by atoms with Crippen LogP contribution in [0.1, 0.15) is 5.82 Å². The number of aromatic nitrogens is 3. The molecule has 0 aliphatic carbocycles. The third-order valence-corrected chi connectivity index (χ3v) is 2.18. The highest BCUT2D eigenvalue weighted by molar-refractivity contribution is 6.28. The molecule has 0 spiro atoms. The minimum Gasteiger partial charge on any atom is -0.299 e. The molecule has 1 aliphatic heterocycles. The number of halogens is 1. The lowest BCUT2D eigenvalue weighted by atomic mass is 10.4. The number of fused-ring (bicyclic) bond motifs is 1. The largest absolute Gasteiger partial charge is 0.299 e. The maximum atomic E-state index is 5.78. The number of nitrogens with zero attached hydrogens (tertiary/aromatic N) is 4. The molecule has 4 nitrogen and oxygen atoms in total. The van der Waals surface area contributed by atoms with Gasteiger partial charge in [0.15, 0.2) is 0 Å². The smallest absolute Gasteiger partial charge is 0.225 e. The molecule has 0 saturated carbocycles. The van der Waals surface area contributed by atoms with Crippen LogP contribution >= 0.6 is 11.6 Å². The molecule has 0 fully saturated rings. The fourth-order valence-electron chi connectivity index (χ4n) is 1.24. The molecule has 2 rings (SSSR count). The predicted octanol–water partition coefficient (Wildman–Crippen LogP) is 0.377. The van der Waals surface area contributed by atoms with Gasteiger partial charge in [-0.2, -0.15) is 0 Å². The van der Waals surface area contributed by atoms with Gasteiger partial charge in [-0.25, -0.2) is 0 Å². The van der Waals surface area contributed by atoms with Crippen LogP contribution in [0.25, 0.3) is 0 Å². The molecule has 1 aromatic rings. The van der Waals surface area contributed by atoms with Crippen molar-refractivity contribution in [2.75, 3.05) is 13.6 Å². The molecule has 0 N–H and O–H groups in total. The van der Waals surface area contributed by atoms with Gasteiger partial charge in [-0.05, 0) is 18.6 Å². The van der Waals surface area contributed by atoms with Crippen LogP contribution in [0.2, 0.25) is 5.28 Å². The van der Waals surface area contributed by atoms with Crippen LogP contribution in [0, 0.1) is 0 Å². The van der Waals surface area contributed by atoms with Gasteiger partial charge >= 0.3 is 0 Å². The summed E-state index contributed by atoms with van der Waals surface area (Å²) < 4.78 is 1.95. The average Bonchev–Trinajstić information content (AvgIpc) is 2.32. The average molecular weight is 173 g/mol. The molecule has 0 atom stereocenters. The second-order valence-electron chi connectivity index (χ2n) is 2.77. The second-order valence-corrected chi connectivity index (χ2v) is 3.11. The molecule has 2 heterocycles. The van der Waals surface area contributed by atoms with Gasteiger partial charge in [-0.15, -0.1) is 10.2 Å². The molecule has 60 valence electrons. The topological polar surface area (TPSA) is 34.0 Å². The fraction of sp³-hybridized carbons (Fsp3) is 0.667. The van der Waals surface area contributed by atoms with Crippen molar-refractivity contribution in [2.45, 2.75) is 13.1 Å². The van der Waals surface area contributed by atoms with Crippen molar-refractivity contribution in [3.63, 3.8) is 0 Å². The van der Waals surface area contributed by atoms with Crippen LogP contribution in [0.15, 0.2) is 0 Å². The lowest BCUT2D eigenvalue weighted by molar-refractivity contribution is 0.265. The van der Waals surface area contributed by atoms with Gasteiger partial charge in [0.25, 0.3) is 0 Å². The van der Waals surface area contributed by atoms with Gasteiger partial charge in [0.05, 0.1) is 6.54 Å². The van der Waals surface area contributed by atoms with Crippen molar-refractivity contribution in [3.8, 4) is 0 Å². The van der Waals surface area contributed by atoms with E-state index < -0.39 is 0 Å². The summed E-state index contributed by atoms with van der Waals surface area (Å²) in [6, 6.07) is 0. The number of likely N-dealkylation sites (N-methyl/N-ethyl adjacent to an activating group) is 1. The Kier molecular flexibility index (Phi) is 1.58. The lowest BCUT2D eigenvalue weighted by Gasteiger charge is -2.22. The molecule has 0 aromatic carbocycles. The van der Waals surface area contributed by atoms with Gasteiger partial charge in [0.2, 0.25) is 5.28 Å². The summed E-state index contributed by atoms with van der Waals surface area (Å²) in [5, 5.41) is 8.24. The summed E-state index contributed by atoms with van der Waals surface area (Å²) in [6.45, 7) is 2.77. The first-order valence-electron chi connectivity index (χ1n) is 3.53. The number of rotatable bonds is 0. The van der Waals surface area contributed by atoms with Gasteiger partial charge in [0, 0.05) is 13.1 Å². The van der Waals surface area contributed by atoms with E-state index in [4.69, 9.17) is 11.6 Å². The van der Waals surface area contributed by atoms with Crippen molar-refractivity contribution in [1.29, 1.82) is 0 Å². The van der Waals surface area contributed by atoms with E-state index >= 15 is 0 Å². The van der Waals surface area contributed by atoms with Gasteiger partial charge in [-0.3, -0.25) is 9.47 Å². The highest BCUT2D eigenvalue weighted by Crippen LogP contribution is 2.13. The van der Waals surface area contributed by atoms with E-state index in [1.54, 1.807) is 0 Å². The van der Waals surface area contributed by atoms with Crippen LogP contribution in [-0.2, 0) is 13.1 Å². The first-order valence-corrected chi connectivity index (χ1v) is 3.91. The van der Waals surface area contributed by atoms with Crippen molar-refractivity contribution < 1.29 is 0 Å². The Labute approximate surface area is 69.8 Å². The van der Waals surface area contributed by atoms with Gasteiger partial charge < -0.3 is 0 Å². The highest BCUT2D eigenvalue weighted by Gasteiger charge is 2.16. The third kappa shape index (κ3) is 1.12. The molecule has 5 heteroatoms. The first-order chi connectivity index (χ1) is 5.27. The van der Waals surface area contributed by atoms with Gasteiger partial charge in [0.1, 0.15) is 5.82 Å². The summed E-state index contributed by atoms with van der Waals surface area (Å²) in [7, 11) is 2.06. The van der Waals surface area contributed by atoms with Crippen LogP contribution in [0.3, 0.4) is 0 Å². The van der Waals surface area contributed by atoms with E-state index in [1.807, 2.05) is 4.57 Å². The van der Waals surface area contributed by atoms with E-state index in [-0.39, 0.29) is 0 Å². The van der Waals surface area contributed by atoms with Crippen molar-refractivity contribution in [2.24, 2.45) is 0 Å². The normalized spacial score (nSPS) is 18.4. The number of hydrogen-bond acceptors (Lipinski definition) is 3. The maximum Gasteiger partial charge on any atom is 0.225 e. The predicted molar refractivity (Wildman–Crippen MR) is 41.4 cm³/mol. The molecule has 11 heavy (non-hydrogen) atoms. The van der Waals surface area contributed by atoms with Crippen LogP contribution in [0.4, 0.5) is 0 Å². The Morgan fingerprint density at radius 1 is 1.36 bits per heavy atom.